The van der Waals surface area contributed by atoms with Crippen LogP contribution in [-0.4, -0.2) is 45.6 Å². The fourth-order valence-electron chi connectivity index (χ4n) is 2.24. The lowest BCUT2D eigenvalue weighted by Gasteiger charge is -2.41. The van der Waals surface area contributed by atoms with Crippen LogP contribution in [0.5, 0.6) is 0 Å². The number of imidazole rings is 1. The van der Waals surface area contributed by atoms with Crippen LogP contribution >= 0.6 is 0 Å². The zero-order valence-electron chi connectivity index (χ0n) is 11.7. The van der Waals surface area contributed by atoms with Gasteiger partial charge in [-0.05, 0) is 19.3 Å². The fourth-order valence-corrected chi connectivity index (χ4v) is 2.24. The smallest absolute Gasteiger partial charge is 0.353 e. The number of rotatable bonds is 5. The van der Waals surface area contributed by atoms with Gasteiger partial charge in [0.05, 0.1) is 24.2 Å². The third-order valence-corrected chi connectivity index (χ3v) is 3.72. The second-order valence-corrected chi connectivity index (χ2v) is 5.15. The van der Waals surface area contributed by atoms with Crippen LogP contribution in [0.3, 0.4) is 0 Å². The van der Waals surface area contributed by atoms with Crippen LogP contribution in [-0.2, 0) is 5.54 Å². The standard InChI is InChI=1S/C13H17N5O3/c1-18(7-3-6-14)12(21)17-13(4-2-5-13)11-15-8-9(16-11)10(19)20/h8H,2-5,7H2,1H3,(H,15,16)(H,17,21)(H,19,20). The predicted molar refractivity (Wildman–Crippen MR) is 72.5 cm³/mol. The molecule has 2 rings (SSSR count). The Morgan fingerprint density at radius 2 is 2.33 bits per heavy atom. The second kappa shape index (κ2) is 5.83. The molecule has 8 heteroatoms. The lowest BCUT2D eigenvalue weighted by molar-refractivity contribution is 0.0690. The molecule has 0 aliphatic heterocycles. The summed E-state index contributed by atoms with van der Waals surface area (Å²) in [6.45, 7) is 0.344. The van der Waals surface area contributed by atoms with E-state index in [0.717, 1.165) is 6.42 Å². The average Bonchev–Trinajstić information content (AvgIpc) is 2.89. The number of hydrogen-bond donors (Lipinski definition) is 3. The molecule has 0 bridgehead atoms. The largest absolute Gasteiger partial charge is 0.477 e. The van der Waals surface area contributed by atoms with Gasteiger partial charge in [-0.1, -0.05) is 0 Å². The van der Waals surface area contributed by atoms with E-state index in [9.17, 15) is 9.59 Å². The summed E-state index contributed by atoms with van der Waals surface area (Å²) < 4.78 is 0. The number of carbonyl (C=O) groups is 2. The molecule has 0 spiro atoms. The first-order valence-electron chi connectivity index (χ1n) is 6.67. The van der Waals surface area contributed by atoms with Gasteiger partial charge in [-0.2, -0.15) is 5.26 Å². The van der Waals surface area contributed by atoms with Gasteiger partial charge in [-0.25, -0.2) is 14.6 Å². The van der Waals surface area contributed by atoms with E-state index in [2.05, 4.69) is 15.3 Å². The Morgan fingerprint density at radius 1 is 1.62 bits per heavy atom. The first-order chi connectivity index (χ1) is 9.98. The number of aromatic amines is 1. The summed E-state index contributed by atoms with van der Waals surface area (Å²) in [6.07, 6.45) is 3.87. The Bertz CT molecular complexity index is 585. The Morgan fingerprint density at radius 3 is 2.81 bits per heavy atom. The minimum absolute atomic E-state index is 0.00311. The Hall–Kier alpha value is -2.56. The molecule has 1 aromatic heterocycles. The van der Waals surface area contributed by atoms with Gasteiger partial charge in [0.1, 0.15) is 11.5 Å². The van der Waals surface area contributed by atoms with Crippen LogP contribution in [0.15, 0.2) is 6.20 Å². The molecule has 1 aromatic rings. The summed E-state index contributed by atoms with van der Waals surface area (Å²) in [5.74, 6) is -0.617. The average molecular weight is 291 g/mol. The van der Waals surface area contributed by atoms with Crippen molar-refractivity contribution in [2.45, 2.75) is 31.2 Å². The van der Waals surface area contributed by atoms with Crippen LogP contribution in [0.2, 0.25) is 0 Å². The third kappa shape index (κ3) is 2.97. The molecular formula is C13H17N5O3. The van der Waals surface area contributed by atoms with Crippen molar-refractivity contribution in [3.05, 3.63) is 17.7 Å². The summed E-state index contributed by atoms with van der Waals surface area (Å²) >= 11 is 0. The molecule has 2 amide bonds. The Labute approximate surface area is 121 Å². The molecule has 0 unspecified atom stereocenters. The lowest BCUT2D eigenvalue weighted by Crippen LogP contribution is -2.54. The molecule has 3 N–H and O–H groups in total. The quantitative estimate of drug-likeness (QED) is 0.748. The predicted octanol–water partition coefficient (Wildman–Crippen LogP) is 1.04. The molecule has 1 saturated carbocycles. The van der Waals surface area contributed by atoms with Crippen LogP contribution in [0, 0.1) is 11.3 Å². The number of aromatic nitrogens is 2. The molecule has 8 nitrogen and oxygen atoms in total. The van der Waals surface area contributed by atoms with Crippen LogP contribution in [0.1, 0.15) is 42.0 Å². The van der Waals surface area contributed by atoms with Crippen molar-refractivity contribution in [1.29, 1.82) is 5.26 Å². The number of carboxylic acid groups (broad SMARTS) is 1. The Balaban J connectivity index is 2.09. The summed E-state index contributed by atoms with van der Waals surface area (Å²) in [6, 6.07) is 1.69. The van der Waals surface area contributed by atoms with E-state index >= 15 is 0 Å². The topological polar surface area (TPSA) is 122 Å². The van der Waals surface area contributed by atoms with Crippen molar-refractivity contribution in [3.8, 4) is 6.07 Å². The molecule has 1 heterocycles. The zero-order valence-corrected chi connectivity index (χ0v) is 11.7. The van der Waals surface area contributed by atoms with E-state index in [4.69, 9.17) is 10.4 Å². The van der Waals surface area contributed by atoms with Crippen molar-refractivity contribution in [2.75, 3.05) is 13.6 Å². The summed E-state index contributed by atoms with van der Waals surface area (Å²) in [5, 5.41) is 20.4. The van der Waals surface area contributed by atoms with E-state index < -0.39 is 11.5 Å². The highest BCUT2D eigenvalue weighted by Gasteiger charge is 2.43. The van der Waals surface area contributed by atoms with Crippen molar-refractivity contribution in [3.63, 3.8) is 0 Å². The second-order valence-electron chi connectivity index (χ2n) is 5.15. The summed E-state index contributed by atoms with van der Waals surface area (Å²) in [4.78, 5) is 31.3. The summed E-state index contributed by atoms with van der Waals surface area (Å²) in [5.41, 5.74) is -0.630. The number of carboxylic acids is 1. The summed E-state index contributed by atoms with van der Waals surface area (Å²) in [7, 11) is 1.61. The monoisotopic (exact) mass is 291 g/mol. The van der Waals surface area contributed by atoms with Crippen molar-refractivity contribution < 1.29 is 14.7 Å². The van der Waals surface area contributed by atoms with Gasteiger partial charge >= 0.3 is 12.0 Å². The minimum atomic E-state index is -1.08. The van der Waals surface area contributed by atoms with E-state index in [1.807, 2.05) is 6.07 Å². The van der Waals surface area contributed by atoms with E-state index in [1.165, 1.54) is 11.1 Å². The van der Waals surface area contributed by atoms with Crippen molar-refractivity contribution in [1.82, 2.24) is 20.2 Å². The SMILES string of the molecule is CN(CCC#N)C(=O)NC1(c2ncc(C(=O)O)[nH]2)CCC1. The van der Waals surface area contributed by atoms with Gasteiger partial charge in [-0.3, -0.25) is 0 Å². The highest BCUT2D eigenvalue weighted by atomic mass is 16.4. The molecule has 1 fully saturated rings. The number of H-pyrrole nitrogens is 1. The maximum Gasteiger partial charge on any atom is 0.353 e. The molecule has 1 aliphatic rings. The fraction of sp³-hybridized carbons (Fsp3) is 0.538. The van der Waals surface area contributed by atoms with Crippen LogP contribution < -0.4 is 5.32 Å². The highest BCUT2D eigenvalue weighted by Crippen LogP contribution is 2.39. The van der Waals surface area contributed by atoms with Gasteiger partial charge in [0.15, 0.2) is 0 Å². The first-order valence-corrected chi connectivity index (χ1v) is 6.67. The highest BCUT2D eigenvalue weighted by molar-refractivity contribution is 5.85. The molecule has 0 atom stereocenters. The molecule has 21 heavy (non-hydrogen) atoms. The van der Waals surface area contributed by atoms with Crippen molar-refractivity contribution >= 4 is 12.0 Å². The van der Waals surface area contributed by atoms with E-state index in [-0.39, 0.29) is 18.1 Å². The number of aromatic carboxylic acids is 1. The Kier molecular flexibility index (Phi) is 4.12. The number of amides is 2. The molecule has 0 saturated heterocycles. The number of nitrogens with one attached hydrogen (secondary N) is 2. The van der Waals surface area contributed by atoms with Gasteiger partial charge < -0.3 is 20.3 Å². The lowest BCUT2D eigenvalue weighted by atomic mass is 9.76. The van der Waals surface area contributed by atoms with E-state index in [1.54, 1.807) is 7.05 Å². The number of hydrogen-bond acceptors (Lipinski definition) is 4. The number of nitriles is 1. The minimum Gasteiger partial charge on any atom is -0.477 e. The molecule has 112 valence electrons. The van der Waals surface area contributed by atoms with Crippen LogP contribution in [0.4, 0.5) is 4.79 Å². The first kappa shape index (κ1) is 14.8. The maximum atomic E-state index is 12.1. The molecule has 0 aromatic carbocycles. The van der Waals surface area contributed by atoms with Gasteiger partial charge in [-0.15, -0.1) is 0 Å². The van der Waals surface area contributed by atoms with Gasteiger partial charge in [0, 0.05) is 13.6 Å². The van der Waals surface area contributed by atoms with E-state index in [0.29, 0.717) is 25.2 Å². The van der Waals surface area contributed by atoms with Crippen molar-refractivity contribution in [2.24, 2.45) is 0 Å². The molecule has 1 aliphatic carbocycles. The third-order valence-electron chi connectivity index (χ3n) is 3.72. The zero-order chi connectivity index (χ0) is 15.5. The normalized spacial score (nSPS) is 15.6. The number of urea groups is 1. The molecular weight excluding hydrogens is 274 g/mol. The number of nitrogens with zero attached hydrogens (tertiary/aromatic N) is 3. The van der Waals surface area contributed by atoms with Crippen LogP contribution in [0.25, 0.3) is 0 Å². The maximum absolute atomic E-state index is 12.1. The van der Waals surface area contributed by atoms with Gasteiger partial charge in [0.25, 0.3) is 0 Å². The number of carbonyl (C=O) groups excluding carboxylic acids is 1. The van der Waals surface area contributed by atoms with Gasteiger partial charge in [0.2, 0.25) is 0 Å². The molecule has 0 radical (unpaired) electrons.